The number of hydrogen-bond acceptors (Lipinski definition) is 9. The highest BCUT2D eigenvalue weighted by Crippen LogP contribution is 2.34. The molecule has 1 atom stereocenters. The predicted molar refractivity (Wildman–Crippen MR) is 154 cm³/mol. The maximum atomic E-state index is 11.3. The van der Waals surface area contributed by atoms with Crippen molar-refractivity contribution in [2.75, 3.05) is 23.7 Å². The smallest absolute Gasteiger partial charge is 0.335 e. The quantitative estimate of drug-likeness (QED) is 0.245. The average Bonchev–Trinajstić information content (AvgIpc) is 2.93. The van der Waals surface area contributed by atoms with Gasteiger partial charge in [-0.2, -0.15) is 0 Å². The van der Waals surface area contributed by atoms with Gasteiger partial charge in [0.15, 0.2) is 11.8 Å². The van der Waals surface area contributed by atoms with Gasteiger partial charge < -0.3 is 15.7 Å². The molecule has 4 heterocycles. The van der Waals surface area contributed by atoms with Gasteiger partial charge in [0, 0.05) is 41.4 Å². The number of aromatic nitrogens is 4. The fourth-order valence-corrected chi connectivity index (χ4v) is 4.82. The molecule has 0 fully saturated rings. The van der Waals surface area contributed by atoms with E-state index in [4.69, 9.17) is 20.5 Å². The minimum Gasteiger partial charge on any atom is -0.479 e. The lowest BCUT2D eigenvalue weighted by atomic mass is 10.0. The molecule has 0 radical (unpaired) electrons. The number of carbonyl (C=O) groups is 1. The Balaban J connectivity index is 1.36. The first kappa shape index (κ1) is 26.5. The van der Waals surface area contributed by atoms with E-state index in [9.17, 15) is 9.90 Å². The Morgan fingerprint density at radius 2 is 2.00 bits per heavy atom. The van der Waals surface area contributed by atoms with Crippen molar-refractivity contribution in [2.24, 2.45) is 5.92 Å². The van der Waals surface area contributed by atoms with Crippen molar-refractivity contribution in [3.8, 4) is 22.4 Å². The van der Waals surface area contributed by atoms with Crippen LogP contribution < -0.4 is 16.1 Å². The fraction of sp³-hybridized carbons (Fsp3) is 0.250. The van der Waals surface area contributed by atoms with E-state index in [1.54, 1.807) is 6.20 Å². The third kappa shape index (κ3) is 5.84. The summed E-state index contributed by atoms with van der Waals surface area (Å²) in [7, 11) is 0. The highest BCUT2D eigenvalue weighted by atomic mass is 79.9. The SMILES string of the molecule is CC(C)C(ONC1=CCN(c2ccc(-c3cc(-c4cccc(Br)c4)c4c(N)ncnc4n3)cn2)CC1)C(=O)O. The second-order valence-corrected chi connectivity index (χ2v) is 10.5. The topological polar surface area (TPSA) is 139 Å². The summed E-state index contributed by atoms with van der Waals surface area (Å²) in [4.78, 5) is 36.9. The number of carboxylic acid groups (broad SMARTS) is 1. The number of nitrogens with zero attached hydrogens (tertiary/aromatic N) is 5. The van der Waals surface area contributed by atoms with Crippen molar-refractivity contribution in [2.45, 2.75) is 26.4 Å². The molecule has 0 spiro atoms. The minimum absolute atomic E-state index is 0.147. The van der Waals surface area contributed by atoms with Gasteiger partial charge in [0.1, 0.15) is 18.0 Å². The summed E-state index contributed by atoms with van der Waals surface area (Å²) in [5.41, 5.74) is 13.9. The van der Waals surface area contributed by atoms with Crippen LogP contribution >= 0.6 is 15.9 Å². The van der Waals surface area contributed by atoms with Crippen LogP contribution in [0.15, 0.2) is 71.2 Å². The van der Waals surface area contributed by atoms with Crippen LogP contribution in [0.4, 0.5) is 11.6 Å². The summed E-state index contributed by atoms with van der Waals surface area (Å²) >= 11 is 3.55. The summed E-state index contributed by atoms with van der Waals surface area (Å²) in [5, 5.41) is 10.0. The second-order valence-electron chi connectivity index (χ2n) is 9.58. The van der Waals surface area contributed by atoms with Crippen LogP contribution in [-0.2, 0) is 9.63 Å². The van der Waals surface area contributed by atoms with E-state index in [2.05, 4.69) is 36.3 Å². The number of hydrogen-bond donors (Lipinski definition) is 3. The summed E-state index contributed by atoms with van der Waals surface area (Å²) in [6.07, 6.45) is 4.98. The van der Waals surface area contributed by atoms with E-state index in [-0.39, 0.29) is 5.92 Å². The standard InChI is InChI=1S/C28H28BrN7O3/c1-16(2)25(28(37)38)39-35-20-8-10-36(11-9-20)23-7-6-18(14-31-23)22-13-21(17-4-3-5-19(29)12-17)24-26(30)32-15-33-27(24)34-22/h3-8,12-16,25,35H,9-11H2,1-2H3,(H,37,38)(H2,30,32,33,34). The molecule has 4 N–H and O–H groups in total. The molecule has 1 aromatic carbocycles. The maximum Gasteiger partial charge on any atom is 0.335 e. The third-order valence-corrected chi connectivity index (χ3v) is 7.00. The zero-order valence-corrected chi connectivity index (χ0v) is 23.1. The number of nitrogen functional groups attached to an aromatic ring is 1. The molecule has 3 aromatic heterocycles. The molecule has 4 aromatic rings. The van der Waals surface area contributed by atoms with E-state index in [1.807, 2.05) is 62.4 Å². The molecule has 0 bridgehead atoms. The Labute approximate surface area is 234 Å². The zero-order valence-electron chi connectivity index (χ0n) is 21.5. The molecular weight excluding hydrogens is 562 g/mol. The van der Waals surface area contributed by atoms with E-state index in [0.717, 1.165) is 38.4 Å². The normalized spacial score (nSPS) is 14.4. The van der Waals surface area contributed by atoms with Crippen molar-refractivity contribution in [1.29, 1.82) is 0 Å². The van der Waals surface area contributed by atoms with Crippen LogP contribution in [-0.4, -0.2) is 50.2 Å². The number of nitrogens with two attached hydrogens (primary N) is 1. The lowest BCUT2D eigenvalue weighted by molar-refractivity contribution is -0.158. The fourth-order valence-electron chi connectivity index (χ4n) is 4.42. The largest absolute Gasteiger partial charge is 0.479 e. The highest BCUT2D eigenvalue weighted by molar-refractivity contribution is 9.10. The van der Waals surface area contributed by atoms with Crippen LogP contribution in [0.3, 0.4) is 0 Å². The summed E-state index contributed by atoms with van der Waals surface area (Å²) in [6.45, 7) is 4.95. The van der Waals surface area contributed by atoms with Gasteiger partial charge in [-0.15, -0.1) is 0 Å². The molecule has 200 valence electrons. The van der Waals surface area contributed by atoms with Gasteiger partial charge in [0.25, 0.3) is 0 Å². The molecule has 1 aliphatic heterocycles. The van der Waals surface area contributed by atoms with E-state index >= 15 is 0 Å². The molecule has 0 saturated heterocycles. The van der Waals surface area contributed by atoms with Crippen LogP contribution in [0.25, 0.3) is 33.4 Å². The van der Waals surface area contributed by atoms with Crippen molar-refractivity contribution in [1.82, 2.24) is 25.4 Å². The van der Waals surface area contributed by atoms with Gasteiger partial charge in [0.2, 0.25) is 0 Å². The Hall–Kier alpha value is -4.09. The maximum absolute atomic E-state index is 11.3. The van der Waals surface area contributed by atoms with Crippen LogP contribution in [0.5, 0.6) is 0 Å². The van der Waals surface area contributed by atoms with Crippen LogP contribution in [0, 0.1) is 5.92 Å². The predicted octanol–water partition coefficient (Wildman–Crippen LogP) is 4.82. The molecular formula is C28H28BrN7O3. The van der Waals surface area contributed by atoms with Gasteiger partial charge in [0.05, 0.1) is 11.1 Å². The molecule has 11 heteroatoms. The van der Waals surface area contributed by atoms with Gasteiger partial charge >= 0.3 is 5.97 Å². The first-order valence-corrected chi connectivity index (χ1v) is 13.3. The number of benzene rings is 1. The van der Waals surface area contributed by atoms with Gasteiger partial charge in [-0.1, -0.05) is 41.9 Å². The minimum atomic E-state index is -0.986. The number of halogens is 1. The van der Waals surface area contributed by atoms with Crippen molar-refractivity contribution < 1.29 is 14.7 Å². The third-order valence-electron chi connectivity index (χ3n) is 6.51. The molecule has 1 unspecified atom stereocenters. The van der Waals surface area contributed by atoms with Gasteiger partial charge in [-0.3, -0.25) is 10.3 Å². The molecule has 0 saturated carbocycles. The van der Waals surface area contributed by atoms with Gasteiger partial charge in [-0.25, -0.2) is 24.7 Å². The number of nitrogens with one attached hydrogen (secondary N) is 1. The summed E-state index contributed by atoms with van der Waals surface area (Å²) in [5.74, 6) is 0.0779. The Morgan fingerprint density at radius 3 is 2.67 bits per heavy atom. The molecule has 0 amide bonds. The van der Waals surface area contributed by atoms with Crippen LogP contribution in [0.1, 0.15) is 20.3 Å². The van der Waals surface area contributed by atoms with E-state index in [0.29, 0.717) is 36.4 Å². The van der Waals surface area contributed by atoms with E-state index in [1.165, 1.54) is 6.33 Å². The van der Waals surface area contributed by atoms with E-state index < -0.39 is 12.1 Å². The Kier molecular flexibility index (Phi) is 7.71. The number of fused-ring (bicyclic) bond motifs is 1. The van der Waals surface area contributed by atoms with Crippen molar-refractivity contribution >= 4 is 44.6 Å². The molecule has 10 nitrogen and oxygen atoms in total. The van der Waals surface area contributed by atoms with Crippen molar-refractivity contribution in [3.05, 3.63) is 71.2 Å². The summed E-state index contributed by atoms with van der Waals surface area (Å²) in [6, 6.07) is 13.9. The number of aliphatic carboxylic acids is 1. The summed E-state index contributed by atoms with van der Waals surface area (Å²) < 4.78 is 0.954. The van der Waals surface area contributed by atoms with Gasteiger partial charge in [-0.05, 0) is 53.5 Å². The zero-order chi connectivity index (χ0) is 27.5. The second kappa shape index (κ2) is 11.3. The Morgan fingerprint density at radius 1 is 1.15 bits per heavy atom. The molecule has 39 heavy (non-hydrogen) atoms. The lowest BCUT2D eigenvalue weighted by Crippen LogP contribution is -2.37. The number of carboxylic acids is 1. The molecule has 0 aliphatic carbocycles. The lowest BCUT2D eigenvalue weighted by Gasteiger charge is -2.28. The number of anilines is 2. The first-order valence-electron chi connectivity index (χ1n) is 12.5. The Bertz CT molecular complexity index is 1540. The average molecular weight is 590 g/mol. The first-order chi connectivity index (χ1) is 18.8. The van der Waals surface area contributed by atoms with Crippen molar-refractivity contribution in [3.63, 3.8) is 0 Å². The molecule has 5 rings (SSSR count). The van der Waals surface area contributed by atoms with Crippen LogP contribution in [0.2, 0.25) is 0 Å². The number of hydroxylamine groups is 1. The molecule has 1 aliphatic rings. The number of rotatable bonds is 8. The monoisotopic (exact) mass is 589 g/mol. The number of pyridine rings is 2. The highest BCUT2D eigenvalue weighted by Gasteiger charge is 2.24.